The van der Waals surface area contributed by atoms with Gasteiger partial charge < -0.3 is 25.2 Å². The topological polar surface area (TPSA) is 155 Å². The maximum atomic E-state index is 12.5. The van der Waals surface area contributed by atoms with Crippen LogP contribution < -0.4 is 5.73 Å². The van der Waals surface area contributed by atoms with Crippen LogP contribution in [-0.4, -0.2) is 60.5 Å². The molecule has 0 saturated heterocycles. The van der Waals surface area contributed by atoms with E-state index in [1.165, 1.54) is 135 Å². The monoisotopic (exact) mass is 736 g/mol. The van der Waals surface area contributed by atoms with Crippen LogP contribution in [-0.2, 0) is 32.7 Å². The third-order valence-electron chi connectivity index (χ3n) is 9.14. The number of carboxylic acid groups (broad SMARTS) is 1. The summed E-state index contributed by atoms with van der Waals surface area (Å²) in [5.74, 6) is -1.77. The first-order valence-electron chi connectivity index (χ1n) is 20.6. The lowest BCUT2D eigenvalue weighted by molar-refractivity contribution is -0.154. The smallest absolute Gasteiger partial charge is 0.472 e. The second-order valence-electron chi connectivity index (χ2n) is 14.1. The molecule has 0 aromatic carbocycles. The molecule has 11 heteroatoms. The molecule has 50 heavy (non-hydrogen) atoms. The first kappa shape index (κ1) is 49.0. The molecular formula is C39H78NO9P. The van der Waals surface area contributed by atoms with Crippen LogP contribution in [0.15, 0.2) is 0 Å². The summed E-state index contributed by atoms with van der Waals surface area (Å²) in [6.45, 7) is 3.87. The van der Waals surface area contributed by atoms with E-state index in [2.05, 4.69) is 18.4 Å². The van der Waals surface area contributed by atoms with Crippen LogP contribution in [0, 0.1) is 0 Å². The second-order valence-corrected chi connectivity index (χ2v) is 15.6. The Balaban J connectivity index is 4.06. The highest BCUT2D eigenvalue weighted by molar-refractivity contribution is 7.47. The van der Waals surface area contributed by atoms with Crippen LogP contribution in [0.25, 0.3) is 0 Å². The average Bonchev–Trinajstić information content (AvgIpc) is 3.09. The van der Waals surface area contributed by atoms with Gasteiger partial charge in [0, 0.05) is 13.0 Å². The summed E-state index contributed by atoms with van der Waals surface area (Å²) in [6.07, 6.45) is 34.6. The summed E-state index contributed by atoms with van der Waals surface area (Å²) in [5.41, 5.74) is 5.33. The number of nitrogens with two attached hydrogens (primary N) is 1. The lowest BCUT2D eigenvalue weighted by Crippen LogP contribution is -2.34. The second kappa shape index (κ2) is 36.3. The number of carbonyl (C=O) groups is 2. The van der Waals surface area contributed by atoms with Crippen LogP contribution in [0.4, 0.5) is 0 Å². The fourth-order valence-corrected chi connectivity index (χ4v) is 6.68. The maximum absolute atomic E-state index is 12.5. The highest BCUT2D eigenvalue weighted by Gasteiger charge is 2.27. The Morgan fingerprint density at radius 1 is 0.560 bits per heavy atom. The first-order valence-corrected chi connectivity index (χ1v) is 22.1. The third-order valence-corrected chi connectivity index (χ3v) is 10.1. The predicted octanol–water partition coefficient (Wildman–Crippen LogP) is 10.8. The van der Waals surface area contributed by atoms with E-state index >= 15 is 0 Å². The van der Waals surface area contributed by atoms with Crippen molar-refractivity contribution in [2.24, 2.45) is 5.73 Å². The summed E-state index contributed by atoms with van der Waals surface area (Å²) >= 11 is 0. The number of carboxylic acids is 1. The zero-order chi connectivity index (χ0) is 37.0. The minimum Gasteiger partial charge on any atom is -0.480 e. The Bertz CT molecular complexity index is 816. The number of phosphoric ester groups is 1. The Kier molecular flexibility index (Phi) is 35.6. The summed E-state index contributed by atoms with van der Waals surface area (Å²) in [7, 11) is -4.60. The van der Waals surface area contributed by atoms with Gasteiger partial charge in [0.2, 0.25) is 0 Å². The van der Waals surface area contributed by atoms with E-state index in [4.69, 9.17) is 24.8 Å². The molecule has 1 unspecified atom stereocenters. The van der Waals surface area contributed by atoms with Gasteiger partial charge >= 0.3 is 19.8 Å². The van der Waals surface area contributed by atoms with Crippen LogP contribution in [0.2, 0.25) is 0 Å². The first-order chi connectivity index (χ1) is 24.2. The highest BCUT2D eigenvalue weighted by atomic mass is 31.2. The predicted molar refractivity (Wildman–Crippen MR) is 203 cm³/mol. The van der Waals surface area contributed by atoms with E-state index in [-0.39, 0.29) is 13.0 Å². The number of phosphoric acid groups is 1. The molecule has 0 aliphatic rings. The van der Waals surface area contributed by atoms with Crippen molar-refractivity contribution in [1.29, 1.82) is 0 Å². The van der Waals surface area contributed by atoms with E-state index in [1.807, 2.05) is 0 Å². The summed E-state index contributed by atoms with van der Waals surface area (Å²) in [5, 5.41) is 8.86. The van der Waals surface area contributed by atoms with Gasteiger partial charge in [-0.2, -0.15) is 0 Å². The van der Waals surface area contributed by atoms with Gasteiger partial charge in [-0.1, -0.05) is 181 Å². The molecule has 0 spiro atoms. The molecule has 0 aromatic heterocycles. The molecule has 0 aliphatic carbocycles. The molecule has 4 N–H and O–H groups in total. The van der Waals surface area contributed by atoms with E-state index in [9.17, 15) is 19.0 Å². The summed E-state index contributed by atoms with van der Waals surface area (Å²) in [6, 6.07) is -1.47. The van der Waals surface area contributed by atoms with Crippen LogP contribution in [0.5, 0.6) is 0 Å². The molecule has 0 aliphatic heterocycles. The largest absolute Gasteiger partial charge is 0.480 e. The molecule has 10 nitrogen and oxygen atoms in total. The summed E-state index contributed by atoms with van der Waals surface area (Å²) in [4.78, 5) is 33.3. The SMILES string of the molecule is CCCCCCCCCCCCCCCCCCCCCCOC[C@H](COP(=O)(O)OC[C@H](N)C(=O)O)OC(=O)CCCCCCCCCC. The molecule has 0 amide bonds. The number of ether oxygens (including phenoxy) is 2. The number of unbranched alkanes of at least 4 members (excludes halogenated alkanes) is 26. The number of hydrogen-bond acceptors (Lipinski definition) is 8. The number of hydrogen-bond donors (Lipinski definition) is 3. The maximum Gasteiger partial charge on any atom is 0.472 e. The van der Waals surface area contributed by atoms with Crippen molar-refractivity contribution in [1.82, 2.24) is 0 Å². The van der Waals surface area contributed by atoms with E-state index in [1.54, 1.807) is 0 Å². The van der Waals surface area contributed by atoms with E-state index in [0.717, 1.165) is 44.9 Å². The number of aliphatic carboxylic acids is 1. The zero-order valence-electron chi connectivity index (χ0n) is 32.3. The molecule has 0 bridgehead atoms. The Hall–Kier alpha value is -1.03. The highest BCUT2D eigenvalue weighted by Crippen LogP contribution is 2.43. The van der Waals surface area contributed by atoms with E-state index in [0.29, 0.717) is 6.61 Å². The minimum absolute atomic E-state index is 0.0247. The van der Waals surface area contributed by atoms with Crippen LogP contribution in [0.3, 0.4) is 0 Å². The number of esters is 1. The molecule has 0 fully saturated rings. The standard InChI is InChI=1S/C39H78NO9P/c1-3-5-7-9-11-13-14-15-16-17-18-19-20-21-22-23-24-26-28-30-32-46-33-36(34-47-50(44,45)48-35-37(40)39(42)43)49-38(41)31-29-27-25-12-10-8-6-4-2/h36-37H,3-35,40H2,1-2H3,(H,42,43)(H,44,45)/t36-,37+/m1/s1. The van der Waals surface area contributed by atoms with Crippen molar-refractivity contribution in [3.63, 3.8) is 0 Å². The van der Waals surface area contributed by atoms with Gasteiger partial charge in [-0.25, -0.2) is 4.57 Å². The van der Waals surface area contributed by atoms with Crippen molar-refractivity contribution in [3.05, 3.63) is 0 Å². The lowest BCUT2D eigenvalue weighted by atomic mass is 10.0. The van der Waals surface area contributed by atoms with Crippen LogP contribution in [0.1, 0.15) is 200 Å². The van der Waals surface area contributed by atoms with Crippen molar-refractivity contribution >= 4 is 19.8 Å². The molecule has 0 rings (SSSR count). The van der Waals surface area contributed by atoms with Gasteiger partial charge in [0.15, 0.2) is 0 Å². The van der Waals surface area contributed by atoms with Crippen molar-refractivity contribution < 1.29 is 42.7 Å². The van der Waals surface area contributed by atoms with Gasteiger partial charge in [-0.15, -0.1) is 0 Å². The Morgan fingerprint density at radius 3 is 1.32 bits per heavy atom. The normalized spacial score (nSPS) is 14.0. The average molecular weight is 736 g/mol. The van der Waals surface area contributed by atoms with E-state index < -0.39 is 45.1 Å². The molecular weight excluding hydrogens is 657 g/mol. The number of rotatable bonds is 40. The van der Waals surface area contributed by atoms with Crippen LogP contribution >= 0.6 is 7.82 Å². The van der Waals surface area contributed by atoms with Gasteiger partial charge in [-0.05, 0) is 12.8 Å². The Morgan fingerprint density at radius 2 is 0.920 bits per heavy atom. The van der Waals surface area contributed by atoms with Gasteiger partial charge in [0.1, 0.15) is 12.1 Å². The molecule has 0 aromatic rings. The van der Waals surface area contributed by atoms with Gasteiger partial charge in [0.25, 0.3) is 0 Å². The molecule has 0 radical (unpaired) electrons. The quantitative estimate of drug-likeness (QED) is 0.0314. The lowest BCUT2D eigenvalue weighted by Gasteiger charge is -2.20. The number of carbonyl (C=O) groups excluding carboxylic acids is 1. The van der Waals surface area contributed by atoms with Crippen molar-refractivity contribution in [3.8, 4) is 0 Å². The van der Waals surface area contributed by atoms with Gasteiger partial charge in [0.05, 0.1) is 19.8 Å². The van der Waals surface area contributed by atoms with Gasteiger partial charge in [-0.3, -0.25) is 18.6 Å². The molecule has 0 heterocycles. The minimum atomic E-state index is -4.60. The zero-order valence-corrected chi connectivity index (χ0v) is 33.2. The molecule has 0 saturated carbocycles. The summed E-state index contributed by atoms with van der Waals surface area (Å²) < 4.78 is 33.2. The third kappa shape index (κ3) is 35.4. The fourth-order valence-electron chi connectivity index (χ4n) is 5.90. The fraction of sp³-hybridized carbons (Fsp3) is 0.949. The molecule has 298 valence electrons. The van der Waals surface area contributed by atoms with Crippen molar-refractivity contribution in [2.75, 3.05) is 26.4 Å². The van der Waals surface area contributed by atoms with Crippen molar-refractivity contribution in [2.45, 2.75) is 212 Å². The Labute approximate surface area is 306 Å². The molecule has 3 atom stereocenters.